The summed E-state index contributed by atoms with van der Waals surface area (Å²) in [5.41, 5.74) is 9.92. The van der Waals surface area contributed by atoms with E-state index in [1.165, 1.54) is 19.3 Å². The van der Waals surface area contributed by atoms with E-state index in [9.17, 15) is 0 Å². The van der Waals surface area contributed by atoms with Crippen LogP contribution in [0.1, 0.15) is 48.8 Å². The molecule has 3 aromatic rings. The highest BCUT2D eigenvalue weighted by atomic mass is 16.5. The first-order valence-corrected chi connectivity index (χ1v) is 10.5. The van der Waals surface area contributed by atoms with E-state index in [4.69, 9.17) is 15.2 Å². The number of hydrogen-bond acceptors (Lipinski definition) is 3. The minimum absolute atomic E-state index is 0.263. The van der Waals surface area contributed by atoms with Gasteiger partial charge in [-0.25, -0.2) is 0 Å². The van der Waals surface area contributed by atoms with Crippen molar-refractivity contribution in [1.29, 1.82) is 0 Å². The molecule has 1 aliphatic rings. The summed E-state index contributed by atoms with van der Waals surface area (Å²) in [6.07, 6.45) is 5.69. The van der Waals surface area contributed by atoms with Crippen LogP contribution in [0.15, 0.2) is 78.9 Å². The van der Waals surface area contributed by atoms with Gasteiger partial charge in [-0.2, -0.15) is 0 Å². The fraction of sp³-hybridized carbons (Fsp3) is 0.308. The van der Waals surface area contributed by atoms with E-state index in [0.717, 1.165) is 41.0 Å². The Kier molecular flexibility index (Phi) is 6.16. The van der Waals surface area contributed by atoms with Crippen LogP contribution < -0.4 is 15.2 Å². The topological polar surface area (TPSA) is 44.5 Å². The van der Waals surface area contributed by atoms with Crippen LogP contribution in [0.25, 0.3) is 0 Å². The smallest absolute Gasteiger partial charge is 0.162 e. The zero-order valence-corrected chi connectivity index (χ0v) is 16.8. The van der Waals surface area contributed by atoms with Crippen molar-refractivity contribution >= 4 is 0 Å². The predicted octanol–water partition coefficient (Wildman–Crippen LogP) is 5.96. The van der Waals surface area contributed by atoms with E-state index < -0.39 is 0 Å². The Bertz CT molecular complexity index is 903. The van der Waals surface area contributed by atoms with Gasteiger partial charge in [0.2, 0.25) is 0 Å². The molecular weight excluding hydrogens is 358 g/mol. The van der Waals surface area contributed by atoms with Crippen molar-refractivity contribution in [1.82, 2.24) is 0 Å². The van der Waals surface area contributed by atoms with Gasteiger partial charge in [-0.1, -0.05) is 86.0 Å². The zero-order valence-electron chi connectivity index (χ0n) is 16.8. The van der Waals surface area contributed by atoms with E-state index >= 15 is 0 Å². The molecule has 150 valence electrons. The van der Waals surface area contributed by atoms with Crippen molar-refractivity contribution in [3.8, 4) is 11.5 Å². The minimum Gasteiger partial charge on any atom is -0.485 e. The average molecular weight is 388 g/mol. The lowest BCUT2D eigenvalue weighted by atomic mass is 9.77. The van der Waals surface area contributed by atoms with Gasteiger partial charge in [-0.3, -0.25) is 0 Å². The van der Waals surface area contributed by atoms with Crippen LogP contribution in [0.3, 0.4) is 0 Å². The Morgan fingerprint density at radius 1 is 0.655 bits per heavy atom. The minimum atomic E-state index is -0.263. The maximum absolute atomic E-state index is 6.78. The first-order valence-electron chi connectivity index (χ1n) is 10.5. The largest absolute Gasteiger partial charge is 0.485 e. The summed E-state index contributed by atoms with van der Waals surface area (Å²) in [5.74, 6) is 1.52. The standard InChI is InChI=1S/C26H29NO2/c27-26(16-8-3-9-17-26)23-14-15-24(28-19-21-10-4-1-5-11-21)25(18-23)29-20-22-12-6-2-7-13-22/h1-2,4-7,10-15,18H,3,8-9,16-17,19-20,27H2. The molecule has 0 atom stereocenters. The molecule has 1 fully saturated rings. The second-order valence-corrected chi connectivity index (χ2v) is 7.93. The molecule has 0 bridgehead atoms. The highest BCUT2D eigenvalue weighted by molar-refractivity contribution is 5.45. The quantitative estimate of drug-likeness (QED) is 0.544. The third-order valence-electron chi connectivity index (χ3n) is 5.74. The molecular formula is C26H29NO2. The number of nitrogens with two attached hydrogens (primary N) is 1. The van der Waals surface area contributed by atoms with Crippen LogP contribution in [-0.4, -0.2) is 0 Å². The van der Waals surface area contributed by atoms with E-state index in [0.29, 0.717) is 13.2 Å². The third kappa shape index (κ3) is 4.99. The Morgan fingerprint density at radius 2 is 1.21 bits per heavy atom. The van der Waals surface area contributed by atoms with Crippen LogP contribution in [0, 0.1) is 0 Å². The third-order valence-corrected chi connectivity index (χ3v) is 5.74. The first-order chi connectivity index (χ1) is 14.2. The first kappa shape index (κ1) is 19.5. The molecule has 0 aromatic heterocycles. The van der Waals surface area contributed by atoms with Crippen LogP contribution in [0.4, 0.5) is 0 Å². The van der Waals surface area contributed by atoms with Gasteiger partial charge in [0, 0.05) is 5.54 Å². The van der Waals surface area contributed by atoms with Gasteiger partial charge in [0.25, 0.3) is 0 Å². The summed E-state index contributed by atoms with van der Waals surface area (Å²) < 4.78 is 12.3. The van der Waals surface area contributed by atoms with Gasteiger partial charge in [-0.15, -0.1) is 0 Å². The Balaban J connectivity index is 1.56. The van der Waals surface area contributed by atoms with E-state index in [-0.39, 0.29) is 5.54 Å². The maximum Gasteiger partial charge on any atom is 0.162 e. The molecule has 3 heteroatoms. The van der Waals surface area contributed by atoms with Gasteiger partial charge in [0.1, 0.15) is 13.2 Å². The Morgan fingerprint density at radius 3 is 1.79 bits per heavy atom. The van der Waals surface area contributed by atoms with E-state index in [1.807, 2.05) is 42.5 Å². The monoisotopic (exact) mass is 387 g/mol. The summed E-state index contributed by atoms with van der Waals surface area (Å²) in [7, 11) is 0. The molecule has 4 rings (SSSR count). The molecule has 0 unspecified atom stereocenters. The molecule has 0 spiro atoms. The Hall–Kier alpha value is -2.78. The highest BCUT2D eigenvalue weighted by Gasteiger charge is 2.30. The molecule has 3 nitrogen and oxygen atoms in total. The fourth-order valence-corrected chi connectivity index (χ4v) is 3.99. The molecule has 0 radical (unpaired) electrons. The number of hydrogen-bond donors (Lipinski definition) is 1. The Labute approximate surface area is 173 Å². The molecule has 2 N–H and O–H groups in total. The molecule has 0 saturated heterocycles. The molecule has 1 aliphatic carbocycles. The fourth-order valence-electron chi connectivity index (χ4n) is 3.99. The average Bonchev–Trinajstić information content (AvgIpc) is 2.78. The van der Waals surface area contributed by atoms with Crippen LogP contribution in [-0.2, 0) is 18.8 Å². The van der Waals surface area contributed by atoms with Crippen molar-refractivity contribution in [2.75, 3.05) is 0 Å². The van der Waals surface area contributed by atoms with Gasteiger partial charge in [-0.05, 0) is 41.7 Å². The summed E-state index contributed by atoms with van der Waals surface area (Å²) >= 11 is 0. The number of ether oxygens (including phenoxy) is 2. The normalized spacial score (nSPS) is 15.6. The van der Waals surface area contributed by atoms with Crippen molar-refractivity contribution in [2.45, 2.75) is 50.9 Å². The number of rotatable bonds is 7. The summed E-state index contributed by atoms with van der Waals surface area (Å²) in [6, 6.07) is 26.6. The molecule has 0 amide bonds. The predicted molar refractivity (Wildman–Crippen MR) is 117 cm³/mol. The van der Waals surface area contributed by atoms with Gasteiger partial charge in [0.15, 0.2) is 11.5 Å². The zero-order chi connectivity index (χ0) is 19.9. The van der Waals surface area contributed by atoms with Crippen LogP contribution in [0.5, 0.6) is 11.5 Å². The summed E-state index contributed by atoms with van der Waals surface area (Å²) in [4.78, 5) is 0. The van der Waals surface area contributed by atoms with Crippen molar-refractivity contribution in [3.05, 3.63) is 95.6 Å². The van der Waals surface area contributed by atoms with Crippen LogP contribution in [0.2, 0.25) is 0 Å². The lowest BCUT2D eigenvalue weighted by Crippen LogP contribution is -2.38. The molecule has 0 aliphatic heterocycles. The lowest BCUT2D eigenvalue weighted by molar-refractivity contribution is 0.253. The highest BCUT2D eigenvalue weighted by Crippen LogP contribution is 2.39. The molecule has 3 aromatic carbocycles. The molecule has 0 heterocycles. The second-order valence-electron chi connectivity index (χ2n) is 7.93. The second kappa shape index (κ2) is 9.15. The summed E-state index contributed by atoms with van der Waals surface area (Å²) in [5, 5.41) is 0. The number of benzene rings is 3. The van der Waals surface area contributed by atoms with Crippen molar-refractivity contribution in [3.63, 3.8) is 0 Å². The van der Waals surface area contributed by atoms with Gasteiger partial charge in [0.05, 0.1) is 0 Å². The molecule has 1 saturated carbocycles. The summed E-state index contributed by atoms with van der Waals surface area (Å²) in [6.45, 7) is 1.01. The van der Waals surface area contributed by atoms with E-state index in [1.54, 1.807) is 0 Å². The molecule has 29 heavy (non-hydrogen) atoms. The van der Waals surface area contributed by atoms with Crippen LogP contribution >= 0.6 is 0 Å². The SMILES string of the molecule is NC1(c2ccc(OCc3ccccc3)c(OCc3ccccc3)c2)CCCCC1. The van der Waals surface area contributed by atoms with Crippen molar-refractivity contribution < 1.29 is 9.47 Å². The van der Waals surface area contributed by atoms with E-state index in [2.05, 4.69) is 36.4 Å². The lowest BCUT2D eigenvalue weighted by Gasteiger charge is -2.34. The maximum atomic E-state index is 6.78. The van der Waals surface area contributed by atoms with Crippen molar-refractivity contribution in [2.24, 2.45) is 5.73 Å². The van der Waals surface area contributed by atoms with Gasteiger partial charge >= 0.3 is 0 Å². The van der Waals surface area contributed by atoms with Gasteiger partial charge < -0.3 is 15.2 Å².